The molecule has 2 aromatic heterocycles. The third kappa shape index (κ3) is 2.80. The molecular formula is C10H13N5S. The fourth-order valence-electron chi connectivity index (χ4n) is 1.26. The summed E-state index contributed by atoms with van der Waals surface area (Å²) < 4.78 is 0. The highest BCUT2D eigenvalue weighted by molar-refractivity contribution is 7.14. The fourth-order valence-corrected chi connectivity index (χ4v) is 2.09. The minimum Gasteiger partial charge on any atom is -0.317 e. The first-order chi connectivity index (χ1) is 7.90. The van der Waals surface area contributed by atoms with E-state index in [0.29, 0.717) is 0 Å². The van der Waals surface area contributed by atoms with Crippen molar-refractivity contribution in [3.63, 3.8) is 0 Å². The molecule has 0 aromatic carbocycles. The number of hydrogen-bond donors (Lipinski definition) is 1. The Morgan fingerprint density at radius 3 is 3.00 bits per heavy atom. The van der Waals surface area contributed by atoms with Gasteiger partial charge in [-0.3, -0.25) is 0 Å². The van der Waals surface area contributed by atoms with Gasteiger partial charge in [0, 0.05) is 18.5 Å². The van der Waals surface area contributed by atoms with Crippen LogP contribution in [0.25, 0.3) is 10.6 Å². The molecule has 0 aliphatic heterocycles. The molecule has 0 amide bonds. The summed E-state index contributed by atoms with van der Waals surface area (Å²) in [6, 6.07) is 1.89. The van der Waals surface area contributed by atoms with Crippen molar-refractivity contribution in [2.24, 2.45) is 0 Å². The maximum atomic E-state index is 4.14. The molecule has 84 valence electrons. The van der Waals surface area contributed by atoms with Crippen LogP contribution in [0.15, 0.2) is 18.5 Å². The normalized spacial score (nSPS) is 10.6. The van der Waals surface area contributed by atoms with Crippen molar-refractivity contribution in [2.45, 2.75) is 13.3 Å². The minimum atomic E-state index is 0.904. The molecule has 2 aromatic rings. The highest BCUT2D eigenvalue weighted by Crippen LogP contribution is 2.21. The third-order valence-electron chi connectivity index (χ3n) is 2.06. The molecule has 0 fully saturated rings. The largest absolute Gasteiger partial charge is 0.317 e. The number of aromatic nitrogens is 4. The molecule has 0 atom stereocenters. The summed E-state index contributed by atoms with van der Waals surface area (Å²) in [5, 5.41) is 21.1. The number of likely N-dealkylation sites (N-methyl/N-ethyl adjacent to an activating group) is 1. The molecule has 0 radical (unpaired) electrons. The van der Waals surface area contributed by atoms with Crippen molar-refractivity contribution in [1.82, 2.24) is 25.7 Å². The van der Waals surface area contributed by atoms with Crippen molar-refractivity contribution in [2.75, 3.05) is 13.1 Å². The van der Waals surface area contributed by atoms with Crippen molar-refractivity contribution < 1.29 is 0 Å². The van der Waals surface area contributed by atoms with Gasteiger partial charge in [0.15, 0.2) is 0 Å². The molecule has 2 heterocycles. The van der Waals surface area contributed by atoms with Gasteiger partial charge in [0.2, 0.25) is 0 Å². The van der Waals surface area contributed by atoms with Crippen LogP contribution in [0.5, 0.6) is 0 Å². The van der Waals surface area contributed by atoms with Crippen molar-refractivity contribution in [3.05, 3.63) is 23.5 Å². The summed E-state index contributed by atoms with van der Waals surface area (Å²) in [7, 11) is 0. The zero-order chi connectivity index (χ0) is 11.2. The summed E-state index contributed by atoms with van der Waals surface area (Å²) in [5.74, 6) is 0. The van der Waals surface area contributed by atoms with E-state index in [1.807, 2.05) is 6.07 Å². The van der Waals surface area contributed by atoms with Crippen LogP contribution in [-0.2, 0) is 6.42 Å². The Labute approximate surface area is 98.0 Å². The lowest BCUT2D eigenvalue weighted by molar-refractivity contribution is 0.710. The van der Waals surface area contributed by atoms with E-state index in [1.54, 1.807) is 23.7 Å². The minimum absolute atomic E-state index is 0.904. The molecule has 0 saturated carbocycles. The van der Waals surface area contributed by atoms with Crippen LogP contribution >= 0.6 is 11.3 Å². The standard InChI is InChI=1S/C10H13N5S/c1-2-11-5-4-9-14-15-10(16-9)8-3-6-12-13-7-8/h3,6-7,11H,2,4-5H2,1H3. The van der Waals surface area contributed by atoms with Gasteiger partial charge in [-0.1, -0.05) is 18.3 Å². The van der Waals surface area contributed by atoms with E-state index < -0.39 is 0 Å². The highest BCUT2D eigenvalue weighted by atomic mass is 32.1. The van der Waals surface area contributed by atoms with Crippen molar-refractivity contribution >= 4 is 11.3 Å². The first-order valence-corrected chi connectivity index (χ1v) is 6.02. The molecule has 6 heteroatoms. The van der Waals surface area contributed by atoms with Gasteiger partial charge in [0.05, 0.1) is 12.4 Å². The van der Waals surface area contributed by atoms with E-state index in [9.17, 15) is 0 Å². The van der Waals surface area contributed by atoms with Gasteiger partial charge in [-0.2, -0.15) is 10.2 Å². The van der Waals surface area contributed by atoms with Crippen LogP contribution in [0.3, 0.4) is 0 Å². The summed E-state index contributed by atoms with van der Waals surface area (Å²) >= 11 is 1.61. The molecule has 0 unspecified atom stereocenters. The molecule has 1 N–H and O–H groups in total. The first-order valence-electron chi connectivity index (χ1n) is 5.20. The zero-order valence-electron chi connectivity index (χ0n) is 9.05. The molecule has 16 heavy (non-hydrogen) atoms. The monoisotopic (exact) mass is 235 g/mol. The van der Waals surface area contributed by atoms with Crippen LogP contribution < -0.4 is 5.32 Å². The van der Waals surface area contributed by atoms with Crippen molar-refractivity contribution in [1.29, 1.82) is 0 Å². The van der Waals surface area contributed by atoms with Crippen molar-refractivity contribution in [3.8, 4) is 10.6 Å². The second-order valence-electron chi connectivity index (χ2n) is 3.24. The predicted molar refractivity (Wildman–Crippen MR) is 63.2 cm³/mol. The van der Waals surface area contributed by atoms with Crippen LogP contribution in [0.2, 0.25) is 0 Å². The summed E-state index contributed by atoms with van der Waals surface area (Å²) in [4.78, 5) is 0. The topological polar surface area (TPSA) is 63.6 Å². The highest BCUT2D eigenvalue weighted by Gasteiger charge is 2.05. The Hall–Kier alpha value is -1.40. The summed E-state index contributed by atoms with van der Waals surface area (Å²) in [6.07, 6.45) is 4.29. The molecular weight excluding hydrogens is 222 g/mol. The lowest BCUT2D eigenvalue weighted by Gasteiger charge is -1.95. The second-order valence-corrected chi connectivity index (χ2v) is 4.30. The lowest BCUT2D eigenvalue weighted by Crippen LogP contribution is -2.15. The SMILES string of the molecule is CCNCCc1nnc(-c2ccnnc2)s1. The molecule has 0 aliphatic rings. The lowest BCUT2D eigenvalue weighted by atomic mass is 10.3. The second kappa shape index (κ2) is 5.62. The number of nitrogens with zero attached hydrogens (tertiary/aromatic N) is 4. The van der Waals surface area contributed by atoms with E-state index in [1.165, 1.54) is 0 Å². The summed E-state index contributed by atoms with van der Waals surface area (Å²) in [5.41, 5.74) is 0.974. The molecule has 0 aliphatic carbocycles. The quantitative estimate of drug-likeness (QED) is 0.788. The van der Waals surface area contributed by atoms with Gasteiger partial charge in [0.25, 0.3) is 0 Å². The zero-order valence-corrected chi connectivity index (χ0v) is 9.87. The van der Waals surface area contributed by atoms with E-state index in [0.717, 1.165) is 35.1 Å². The number of nitrogens with one attached hydrogen (secondary N) is 1. The number of rotatable bonds is 5. The predicted octanol–water partition coefficient (Wildman–Crippen LogP) is 1.15. The molecule has 0 spiro atoms. The van der Waals surface area contributed by atoms with Gasteiger partial charge in [0.1, 0.15) is 10.0 Å². The van der Waals surface area contributed by atoms with Gasteiger partial charge in [-0.05, 0) is 12.6 Å². The molecule has 2 rings (SSSR count). The van der Waals surface area contributed by atoms with E-state index in [2.05, 4.69) is 32.6 Å². The first kappa shape index (κ1) is 11.1. The van der Waals surface area contributed by atoms with Gasteiger partial charge < -0.3 is 5.32 Å². The van der Waals surface area contributed by atoms with E-state index in [-0.39, 0.29) is 0 Å². The van der Waals surface area contributed by atoms with Crippen LogP contribution in [0.4, 0.5) is 0 Å². The smallest absolute Gasteiger partial charge is 0.149 e. The molecule has 0 bridgehead atoms. The van der Waals surface area contributed by atoms with Crippen LogP contribution in [0, 0.1) is 0 Å². The van der Waals surface area contributed by atoms with E-state index in [4.69, 9.17) is 0 Å². The van der Waals surface area contributed by atoms with Gasteiger partial charge in [-0.25, -0.2) is 0 Å². The van der Waals surface area contributed by atoms with Gasteiger partial charge in [-0.15, -0.1) is 10.2 Å². The Bertz CT molecular complexity index is 428. The molecule has 5 nitrogen and oxygen atoms in total. The third-order valence-corrected chi connectivity index (χ3v) is 3.10. The van der Waals surface area contributed by atoms with E-state index >= 15 is 0 Å². The Morgan fingerprint density at radius 1 is 1.31 bits per heavy atom. The van der Waals surface area contributed by atoms with Crippen LogP contribution in [-0.4, -0.2) is 33.5 Å². The Kier molecular flexibility index (Phi) is 3.90. The molecule has 0 saturated heterocycles. The fraction of sp³-hybridized carbons (Fsp3) is 0.400. The summed E-state index contributed by atoms with van der Waals surface area (Å²) in [6.45, 7) is 4.02. The van der Waals surface area contributed by atoms with Crippen LogP contribution in [0.1, 0.15) is 11.9 Å². The van der Waals surface area contributed by atoms with Gasteiger partial charge >= 0.3 is 0 Å². The maximum Gasteiger partial charge on any atom is 0.149 e. The number of hydrogen-bond acceptors (Lipinski definition) is 6. The average molecular weight is 235 g/mol. The Balaban J connectivity index is 2.02. The maximum absolute atomic E-state index is 4.14. The Morgan fingerprint density at radius 2 is 2.25 bits per heavy atom. The average Bonchev–Trinajstić information content (AvgIpc) is 2.79.